The summed E-state index contributed by atoms with van der Waals surface area (Å²) in [6.07, 6.45) is 1.000. The molecule has 0 bridgehead atoms. The zero-order valence-electron chi connectivity index (χ0n) is 7.53. The minimum Gasteiger partial charge on any atom is -0.265 e. The van der Waals surface area contributed by atoms with Crippen LogP contribution in [0.2, 0.25) is 0 Å². The van der Waals surface area contributed by atoms with E-state index in [4.69, 9.17) is 0 Å². The van der Waals surface area contributed by atoms with Crippen molar-refractivity contribution >= 4 is 11.8 Å². The first-order chi connectivity index (χ1) is 6.15. The molecule has 0 aliphatic carbocycles. The van der Waals surface area contributed by atoms with Gasteiger partial charge in [0.1, 0.15) is 0 Å². The van der Waals surface area contributed by atoms with Crippen LogP contribution < -0.4 is 11.1 Å². The van der Waals surface area contributed by atoms with E-state index >= 15 is 0 Å². The summed E-state index contributed by atoms with van der Waals surface area (Å²) in [5, 5.41) is 2.93. The third-order valence-corrected chi connectivity index (χ3v) is 2.62. The van der Waals surface area contributed by atoms with Gasteiger partial charge in [0.25, 0.3) is 0 Å². The number of aryl methyl sites for hydroxylation is 1. The third kappa shape index (κ3) is 2.45. The Morgan fingerprint density at radius 2 is 2.23 bits per heavy atom. The zero-order chi connectivity index (χ0) is 9.84. The van der Waals surface area contributed by atoms with Crippen LogP contribution in [0.1, 0.15) is 13.3 Å². The predicted molar refractivity (Wildman–Crippen MR) is 51.1 cm³/mol. The summed E-state index contributed by atoms with van der Waals surface area (Å²) in [6, 6.07) is 0. The van der Waals surface area contributed by atoms with Crippen LogP contribution in [-0.4, -0.2) is 20.5 Å². The summed E-state index contributed by atoms with van der Waals surface area (Å²) in [7, 11) is 1.66. The number of nitrogens with zero attached hydrogens (tertiary/aromatic N) is 2. The van der Waals surface area contributed by atoms with E-state index in [-0.39, 0.29) is 0 Å². The molecule has 0 saturated carbocycles. The van der Waals surface area contributed by atoms with E-state index in [0.717, 1.165) is 12.2 Å². The van der Waals surface area contributed by atoms with Gasteiger partial charge in [0.05, 0.1) is 0 Å². The number of aromatic amines is 1. The largest absolute Gasteiger partial charge is 0.339 e. The van der Waals surface area contributed by atoms with E-state index in [9.17, 15) is 9.59 Å². The van der Waals surface area contributed by atoms with Crippen molar-refractivity contribution in [3.63, 3.8) is 0 Å². The van der Waals surface area contributed by atoms with Crippen LogP contribution in [0, 0.1) is 0 Å². The van der Waals surface area contributed by atoms with Crippen LogP contribution in [0.4, 0.5) is 0 Å². The fourth-order valence-electron chi connectivity index (χ4n) is 0.783. The molecule has 6 heteroatoms. The standard InChI is InChI=1S/C7H11N3O2S/c1-3-4-13-7-8-5(11)6(12)9-10(7)2/h3-4H2,1-2H3,(H,9,12). The Hall–Kier alpha value is -1.04. The number of aromatic nitrogens is 3. The number of nitrogens with one attached hydrogen (secondary N) is 1. The molecular weight excluding hydrogens is 190 g/mol. The molecule has 0 aliphatic heterocycles. The second-order valence-electron chi connectivity index (χ2n) is 2.55. The van der Waals surface area contributed by atoms with Gasteiger partial charge in [0.2, 0.25) is 0 Å². The van der Waals surface area contributed by atoms with Gasteiger partial charge in [0, 0.05) is 12.8 Å². The van der Waals surface area contributed by atoms with Crippen LogP contribution in [0.3, 0.4) is 0 Å². The molecular formula is C7H11N3O2S. The van der Waals surface area contributed by atoms with E-state index in [1.165, 1.54) is 16.4 Å². The average Bonchev–Trinajstić information content (AvgIpc) is 2.09. The molecule has 0 unspecified atom stereocenters. The lowest BCUT2D eigenvalue weighted by atomic mass is 10.6. The SMILES string of the molecule is CCCSc1nc(=O)c(=O)[nH]n1C. The van der Waals surface area contributed by atoms with Gasteiger partial charge >= 0.3 is 11.1 Å². The Morgan fingerprint density at radius 3 is 2.85 bits per heavy atom. The maximum absolute atomic E-state index is 10.9. The first-order valence-electron chi connectivity index (χ1n) is 3.95. The molecule has 13 heavy (non-hydrogen) atoms. The van der Waals surface area contributed by atoms with E-state index < -0.39 is 11.1 Å². The molecule has 1 aromatic heterocycles. The summed E-state index contributed by atoms with van der Waals surface area (Å²) < 4.78 is 1.46. The van der Waals surface area contributed by atoms with Crippen LogP contribution in [0.25, 0.3) is 0 Å². The fourth-order valence-corrected chi connectivity index (χ4v) is 1.56. The highest BCUT2D eigenvalue weighted by Crippen LogP contribution is 2.11. The number of hydrogen-bond acceptors (Lipinski definition) is 4. The molecule has 0 amide bonds. The van der Waals surface area contributed by atoms with Gasteiger partial charge in [-0.3, -0.25) is 19.4 Å². The van der Waals surface area contributed by atoms with Crippen molar-refractivity contribution in [3.8, 4) is 0 Å². The molecule has 0 spiro atoms. The second kappa shape index (κ2) is 4.27. The van der Waals surface area contributed by atoms with E-state index in [1.807, 2.05) is 6.92 Å². The summed E-state index contributed by atoms with van der Waals surface area (Å²) in [6.45, 7) is 2.04. The lowest BCUT2D eigenvalue weighted by molar-refractivity contribution is 0.596. The summed E-state index contributed by atoms with van der Waals surface area (Å²) in [4.78, 5) is 25.3. The Kier molecular flexibility index (Phi) is 3.30. The average molecular weight is 201 g/mol. The molecule has 0 atom stereocenters. The van der Waals surface area contributed by atoms with Crippen molar-refractivity contribution in [2.45, 2.75) is 18.5 Å². The lowest BCUT2D eigenvalue weighted by Crippen LogP contribution is -2.33. The highest BCUT2D eigenvalue weighted by atomic mass is 32.2. The molecule has 72 valence electrons. The number of H-pyrrole nitrogens is 1. The Bertz CT molecular complexity index is 395. The molecule has 1 rings (SSSR count). The van der Waals surface area contributed by atoms with Gasteiger partial charge < -0.3 is 0 Å². The van der Waals surface area contributed by atoms with Gasteiger partial charge in [-0.2, -0.15) is 4.98 Å². The Morgan fingerprint density at radius 1 is 1.54 bits per heavy atom. The molecule has 0 fully saturated rings. The van der Waals surface area contributed by atoms with Crippen molar-refractivity contribution in [3.05, 3.63) is 20.7 Å². The molecule has 0 aliphatic rings. The minimum absolute atomic E-state index is 0.548. The first kappa shape index (κ1) is 10.0. The smallest absolute Gasteiger partial charge is 0.265 e. The molecule has 1 aromatic rings. The predicted octanol–water partition coefficient (Wildman–Crippen LogP) is -0.0293. The maximum Gasteiger partial charge on any atom is 0.339 e. The van der Waals surface area contributed by atoms with Crippen molar-refractivity contribution in [1.29, 1.82) is 0 Å². The van der Waals surface area contributed by atoms with Crippen LogP contribution in [-0.2, 0) is 7.05 Å². The van der Waals surface area contributed by atoms with E-state index in [0.29, 0.717) is 5.16 Å². The molecule has 0 saturated heterocycles. The van der Waals surface area contributed by atoms with Crippen LogP contribution in [0.15, 0.2) is 14.7 Å². The van der Waals surface area contributed by atoms with Crippen molar-refractivity contribution in [2.75, 3.05) is 5.75 Å². The number of thioether (sulfide) groups is 1. The zero-order valence-corrected chi connectivity index (χ0v) is 8.35. The fraction of sp³-hybridized carbons (Fsp3) is 0.571. The lowest BCUT2D eigenvalue weighted by Gasteiger charge is -2.03. The van der Waals surface area contributed by atoms with E-state index in [1.54, 1.807) is 7.05 Å². The first-order valence-corrected chi connectivity index (χ1v) is 4.94. The summed E-state index contributed by atoms with van der Waals surface area (Å²) in [5.41, 5.74) is -1.40. The van der Waals surface area contributed by atoms with Gasteiger partial charge in [-0.1, -0.05) is 18.7 Å². The third-order valence-electron chi connectivity index (χ3n) is 1.38. The second-order valence-corrected chi connectivity index (χ2v) is 3.61. The van der Waals surface area contributed by atoms with E-state index in [2.05, 4.69) is 10.1 Å². The van der Waals surface area contributed by atoms with Gasteiger partial charge in [-0.05, 0) is 6.42 Å². The monoisotopic (exact) mass is 201 g/mol. The van der Waals surface area contributed by atoms with Gasteiger partial charge in [-0.15, -0.1) is 0 Å². The summed E-state index contributed by atoms with van der Waals surface area (Å²) >= 11 is 1.45. The maximum atomic E-state index is 10.9. The Balaban J connectivity index is 3.02. The van der Waals surface area contributed by atoms with Gasteiger partial charge in [-0.25, -0.2) is 0 Å². The quantitative estimate of drug-likeness (QED) is 0.551. The highest BCUT2D eigenvalue weighted by Gasteiger charge is 2.02. The molecule has 1 N–H and O–H groups in total. The normalized spacial score (nSPS) is 10.3. The molecule has 0 aromatic carbocycles. The highest BCUT2D eigenvalue weighted by molar-refractivity contribution is 7.99. The molecule has 5 nitrogen and oxygen atoms in total. The number of rotatable bonds is 3. The topological polar surface area (TPSA) is 67.8 Å². The van der Waals surface area contributed by atoms with Crippen molar-refractivity contribution in [2.24, 2.45) is 7.05 Å². The Labute approximate surface area is 79.2 Å². The molecule has 0 radical (unpaired) electrons. The van der Waals surface area contributed by atoms with Crippen LogP contribution >= 0.6 is 11.8 Å². The minimum atomic E-state index is -0.725. The van der Waals surface area contributed by atoms with Crippen molar-refractivity contribution in [1.82, 2.24) is 14.8 Å². The summed E-state index contributed by atoms with van der Waals surface area (Å²) in [5.74, 6) is 0.881. The van der Waals surface area contributed by atoms with Crippen molar-refractivity contribution < 1.29 is 0 Å². The number of hydrogen-bond donors (Lipinski definition) is 1. The van der Waals surface area contributed by atoms with Crippen LogP contribution in [0.5, 0.6) is 0 Å². The van der Waals surface area contributed by atoms with Gasteiger partial charge in [0.15, 0.2) is 5.16 Å². The molecule has 1 heterocycles.